The Morgan fingerprint density at radius 3 is 2.58 bits per heavy atom. The van der Waals surface area contributed by atoms with E-state index in [2.05, 4.69) is 11.4 Å². The molecule has 0 aliphatic carbocycles. The topological polar surface area (TPSA) is 55.4 Å². The zero-order valence-electron chi connectivity index (χ0n) is 17.3. The van der Waals surface area contributed by atoms with E-state index < -0.39 is 5.97 Å². The van der Waals surface area contributed by atoms with Gasteiger partial charge in [-0.05, 0) is 50.6 Å². The number of nitrogens with one attached hydrogen (secondary N) is 1. The SMILES string of the molecule is CCOC(=O)c1sc(-c2ccc(Cl)cc2Cl)cc1NC(=O)CSc1cc(C)ccc1C. The maximum Gasteiger partial charge on any atom is 0.350 e. The zero-order valence-corrected chi connectivity index (χ0v) is 20.4. The Kier molecular flexibility index (Phi) is 8.06. The first-order valence-corrected chi connectivity index (χ1v) is 12.1. The zero-order chi connectivity index (χ0) is 22.5. The van der Waals surface area contributed by atoms with Gasteiger partial charge in [0.05, 0.1) is 23.1 Å². The third-order valence-electron chi connectivity index (χ3n) is 4.37. The molecule has 3 aromatic rings. The molecule has 1 amide bonds. The van der Waals surface area contributed by atoms with Crippen molar-refractivity contribution in [1.82, 2.24) is 0 Å². The van der Waals surface area contributed by atoms with Gasteiger partial charge in [-0.2, -0.15) is 0 Å². The number of benzene rings is 2. The third-order valence-corrected chi connectivity index (χ3v) is 7.22. The first kappa shape index (κ1) is 23.7. The predicted molar refractivity (Wildman–Crippen MR) is 131 cm³/mol. The Morgan fingerprint density at radius 2 is 1.87 bits per heavy atom. The Morgan fingerprint density at radius 1 is 1.10 bits per heavy atom. The number of carbonyl (C=O) groups excluding carboxylic acids is 2. The minimum atomic E-state index is -0.485. The lowest BCUT2D eigenvalue weighted by Gasteiger charge is -2.08. The fourth-order valence-electron chi connectivity index (χ4n) is 2.85. The minimum absolute atomic E-state index is 0.206. The second-order valence-corrected chi connectivity index (χ2v) is 9.72. The number of thiophene rings is 1. The average molecular weight is 494 g/mol. The van der Waals surface area contributed by atoms with Gasteiger partial charge < -0.3 is 10.1 Å². The molecule has 8 heteroatoms. The van der Waals surface area contributed by atoms with E-state index >= 15 is 0 Å². The summed E-state index contributed by atoms with van der Waals surface area (Å²) in [6.45, 7) is 6.01. The second-order valence-electron chi connectivity index (χ2n) is 6.80. The molecule has 162 valence electrons. The number of hydrogen-bond acceptors (Lipinski definition) is 5. The highest BCUT2D eigenvalue weighted by Gasteiger charge is 2.21. The van der Waals surface area contributed by atoms with E-state index in [4.69, 9.17) is 27.9 Å². The number of hydrogen-bond donors (Lipinski definition) is 1. The van der Waals surface area contributed by atoms with E-state index in [0.717, 1.165) is 26.5 Å². The first-order chi connectivity index (χ1) is 14.8. The molecule has 3 rings (SSSR count). The quantitative estimate of drug-likeness (QED) is 0.278. The van der Waals surface area contributed by atoms with Crippen molar-refractivity contribution in [1.29, 1.82) is 0 Å². The van der Waals surface area contributed by atoms with Gasteiger partial charge in [-0.3, -0.25) is 4.79 Å². The van der Waals surface area contributed by atoms with Gasteiger partial charge in [-0.1, -0.05) is 47.0 Å². The third kappa shape index (κ3) is 6.04. The lowest BCUT2D eigenvalue weighted by atomic mass is 10.2. The van der Waals surface area contributed by atoms with Gasteiger partial charge in [0.15, 0.2) is 0 Å². The molecule has 1 aromatic heterocycles. The summed E-state index contributed by atoms with van der Waals surface area (Å²) in [5, 5.41) is 3.84. The van der Waals surface area contributed by atoms with Crippen LogP contribution in [-0.2, 0) is 9.53 Å². The maximum absolute atomic E-state index is 12.6. The first-order valence-electron chi connectivity index (χ1n) is 9.54. The van der Waals surface area contributed by atoms with E-state index in [1.807, 2.05) is 26.0 Å². The van der Waals surface area contributed by atoms with Crippen LogP contribution in [0.2, 0.25) is 10.0 Å². The molecule has 0 atom stereocenters. The van der Waals surface area contributed by atoms with Crippen molar-refractivity contribution in [3.8, 4) is 10.4 Å². The van der Waals surface area contributed by atoms with E-state index in [1.54, 1.807) is 31.2 Å². The number of rotatable bonds is 7. The van der Waals surface area contributed by atoms with Gasteiger partial charge >= 0.3 is 5.97 Å². The standard InChI is InChI=1S/C23H21Cl2NO3S2/c1-4-29-23(28)22-18(11-20(31-22)16-8-7-15(24)10-17(16)25)26-21(27)12-30-19-9-13(2)5-6-14(19)3/h5-11H,4,12H2,1-3H3,(H,26,27). The molecule has 31 heavy (non-hydrogen) atoms. The van der Waals surface area contributed by atoms with Gasteiger partial charge in [-0.15, -0.1) is 23.1 Å². The van der Waals surface area contributed by atoms with Crippen molar-refractivity contribution in [2.45, 2.75) is 25.7 Å². The van der Waals surface area contributed by atoms with Crippen molar-refractivity contribution in [3.63, 3.8) is 0 Å². The Balaban J connectivity index is 1.83. The lowest BCUT2D eigenvalue weighted by molar-refractivity contribution is -0.113. The number of thioether (sulfide) groups is 1. The van der Waals surface area contributed by atoms with Crippen LogP contribution in [-0.4, -0.2) is 24.2 Å². The molecule has 0 saturated heterocycles. The maximum atomic E-state index is 12.6. The number of anilines is 1. The van der Waals surface area contributed by atoms with E-state index in [0.29, 0.717) is 20.6 Å². The van der Waals surface area contributed by atoms with Crippen LogP contribution in [0.1, 0.15) is 27.7 Å². The number of carbonyl (C=O) groups is 2. The number of esters is 1. The van der Waals surface area contributed by atoms with Crippen LogP contribution < -0.4 is 5.32 Å². The van der Waals surface area contributed by atoms with Crippen LogP contribution in [0.3, 0.4) is 0 Å². The highest BCUT2D eigenvalue weighted by molar-refractivity contribution is 8.00. The molecule has 0 bridgehead atoms. The normalized spacial score (nSPS) is 10.7. The smallest absolute Gasteiger partial charge is 0.350 e. The van der Waals surface area contributed by atoms with Gasteiger partial charge in [-0.25, -0.2) is 4.79 Å². The molecule has 0 aliphatic rings. The van der Waals surface area contributed by atoms with Crippen LogP contribution in [0.15, 0.2) is 47.4 Å². The number of halogens is 2. The van der Waals surface area contributed by atoms with Crippen LogP contribution in [0.25, 0.3) is 10.4 Å². The second kappa shape index (κ2) is 10.6. The number of aryl methyl sites for hydroxylation is 2. The Labute approximate surface area is 199 Å². The summed E-state index contributed by atoms with van der Waals surface area (Å²) in [5.41, 5.74) is 3.40. The van der Waals surface area contributed by atoms with Gasteiger partial charge in [0, 0.05) is 20.4 Å². The predicted octanol–water partition coefficient (Wildman–Crippen LogP) is 7.25. The molecule has 4 nitrogen and oxygen atoms in total. The average Bonchev–Trinajstić information content (AvgIpc) is 3.12. The fraction of sp³-hybridized carbons (Fsp3) is 0.217. The minimum Gasteiger partial charge on any atom is -0.462 e. The van der Waals surface area contributed by atoms with Crippen LogP contribution in [0.5, 0.6) is 0 Å². The van der Waals surface area contributed by atoms with Crippen molar-refractivity contribution in [2.75, 3.05) is 17.7 Å². The summed E-state index contributed by atoms with van der Waals surface area (Å²) in [6, 6.07) is 13.0. The molecule has 1 heterocycles. The lowest BCUT2D eigenvalue weighted by Crippen LogP contribution is -2.16. The number of ether oxygens (including phenoxy) is 1. The molecule has 0 aliphatic heterocycles. The summed E-state index contributed by atoms with van der Waals surface area (Å²) in [5.74, 6) is -0.469. The molecule has 0 fully saturated rings. The van der Waals surface area contributed by atoms with Crippen molar-refractivity contribution >= 4 is 63.9 Å². The molecule has 0 spiro atoms. The largest absolute Gasteiger partial charge is 0.462 e. The van der Waals surface area contributed by atoms with Gasteiger partial charge in [0.1, 0.15) is 4.88 Å². The Hall–Kier alpha value is -1.99. The van der Waals surface area contributed by atoms with Crippen molar-refractivity contribution in [2.24, 2.45) is 0 Å². The fourth-order valence-corrected chi connectivity index (χ4v) is 5.38. The molecular weight excluding hydrogens is 473 g/mol. The molecule has 2 aromatic carbocycles. The van der Waals surface area contributed by atoms with Crippen molar-refractivity contribution < 1.29 is 14.3 Å². The number of amides is 1. The molecule has 0 unspecified atom stereocenters. The van der Waals surface area contributed by atoms with Crippen LogP contribution >= 0.6 is 46.3 Å². The highest BCUT2D eigenvalue weighted by atomic mass is 35.5. The molecular formula is C23H21Cl2NO3S2. The van der Waals surface area contributed by atoms with E-state index in [-0.39, 0.29) is 18.3 Å². The molecule has 1 N–H and O–H groups in total. The van der Waals surface area contributed by atoms with Crippen LogP contribution in [0.4, 0.5) is 5.69 Å². The molecule has 0 radical (unpaired) electrons. The Bertz CT molecular complexity index is 1130. The van der Waals surface area contributed by atoms with Gasteiger partial charge in [0.25, 0.3) is 0 Å². The summed E-state index contributed by atoms with van der Waals surface area (Å²) in [4.78, 5) is 27.2. The summed E-state index contributed by atoms with van der Waals surface area (Å²) in [6.07, 6.45) is 0. The molecule has 0 saturated carbocycles. The highest BCUT2D eigenvalue weighted by Crippen LogP contribution is 2.39. The summed E-state index contributed by atoms with van der Waals surface area (Å²) < 4.78 is 5.17. The van der Waals surface area contributed by atoms with E-state index in [1.165, 1.54) is 23.1 Å². The monoisotopic (exact) mass is 493 g/mol. The summed E-state index contributed by atoms with van der Waals surface area (Å²) >= 11 is 15.0. The van der Waals surface area contributed by atoms with Crippen molar-refractivity contribution in [3.05, 3.63) is 68.5 Å². The van der Waals surface area contributed by atoms with E-state index in [9.17, 15) is 9.59 Å². The van der Waals surface area contributed by atoms with Gasteiger partial charge in [0.2, 0.25) is 5.91 Å². The van der Waals surface area contributed by atoms with Crippen LogP contribution in [0, 0.1) is 13.8 Å². The summed E-state index contributed by atoms with van der Waals surface area (Å²) in [7, 11) is 0.